The van der Waals surface area contributed by atoms with E-state index in [9.17, 15) is 0 Å². The number of benzene rings is 1. The van der Waals surface area contributed by atoms with Gasteiger partial charge in [-0.25, -0.2) is 4.98 Å². The van der Waals surface area contributed by atoms with E-state index in [-0.39, 0.29) is 0 Å². The Kier molecular flexibility index (Phi) is 4.55. The molecular weight excluding hydrogens is 383 g/mol. The van der Waals surface area contributed by atoms with Crippen LogP contribution in [0.3, 0.4) is 0 Å². The molecule has 4 heteroatoms. The van der Waals surface area contributed by atoms with Gasteiger partial charge in [0.2, 0.25) is 0 Å². The number of aromatic nitrogens is 2. The first-order valence-electron chi connectivity index (χ1n) is 7.41. The molecule has 20 heavy (non-hydrogen) atoms. The van der Waals surface area contributed by atoms with Crippen LogP contribution in [0.2, 0.25) is 0 Å². The molecule has 1 aromatic heterocycles. The minimum absolute atomic E-state index is 0.606. The van der Waals surface area contributed by atoms with E-state index < -0.39 is 0 Å². The first-order valence-corrected chi connectivity index (χ1v) is 9.02. The number of fused-ring (bicyclic) bond motifs is 1. The maximum atomic E-state index is 5.97. The van der Waals surface area contributed by atoms with Gasteiger partial charge in [-0.1, -0.05) is 6.92 Å². The fraction of sp³-hybridized carbons (Fsp3) is 0.562. The summed E-state index contributed by atoms with van der Waals surface area (Å²) in [6, 6.07) is 7.18. The van der Waals surface area contributed by atoms with Gasteiger partial charge in [0.15, 0.2) is 0 Å². The molecule has 2 nitrogen and oxygen atoms in total. The molecule has 1 aromatic carbocycles. The van der Waals surface area contributed by atoms with Crippen LogP contribution in [0.4, 0.5) is 0 Å². The summed E-state index contributed by atoms with van der Waals surface area (Å²) in [7, 11) is 0. The number of nitrogens with zero attached hydrogens (tertiary/aromatic N) is 2. The van der Waals surface area contributed by atoms with Gasteiger partial charge in [0, 0.05) is 21.9 Å². The number of hydrogen-bond acceptors (Lipinski definition) is 1. The number of aryl methyl sites for hydroxylation is 1. The van der Waals surface area contributed by atoms with Gasteiger partial charge < -0.3 is 4.57 Å². The molecule has 0 radical (unpaired) electrons. The number of rotatable bonds is 3. The Morgan fingerprint density at radius 3 is 2.75 bits per heavy atom. The molecule has 0 spiro atoms. The lowest BCUT2D eigenvalue weighted by Gasteiger charge is -2.29. The Hall–Kier alpha value is -0.290. The molecule has 0 aliphatic heterocycles. The second kappa shape index (κ2) is 6.22. The summed E-state index contributed by atoms with van der Waals surface area (Å²) in [6.07, 6.45) is 6.06. The van der Waals surface area contributed by atoms with E-state index >= 15 is 0 Å². The van der Waals surface area contributed by atoms with Gasteiger partial charge in [0.05, 0.1) is 11.0 Å². The SMILES string of the molecule is CC1CCC(n2c(CCCl)nc3cc(I)ccc32)CC1. The van der Waals surface area contributed by atoms with Gasteiger partial charge in [-0.2, -0.15) is 0 Å². The third-order valence-electron chi connectivity index (χ3n) is 4.39. The highest BCUT2D eigenvalue weighted by Crippen LogP contribution is 2.35. The summed E-state index contributed by atoms with van der Waals surface area (Å²) in [6.45, 7) is 2.37. The molecule has 3 rings (SSSR count). The molecule has 0 amide bonds. The highest BCUT2D eigenvalue weighted by Gasteiger charge is 2.23. The zero-order valence-corrected chi connectivity index (χ0v) is 14.7. The van der Waals surface area contributed by atoms with Crippen LogP contribution in [-0.2, 0) is 6.42 Å². The van der Waals surface area contributed by atoms with Gasteiger partial charge in [0.1, 0.15) is 5.82 Å². The van der Waals surface area contributed by atoms with Crippen LogP contribution in [0.15, 0.2) is 18.2 Å². The largest absolute Gasteiger partial charge is 0.325 e. The van der Waals surface area contributed by atoms with Crippen LogP contribution in [0.5, 0.6) is 0 Å². The van der Waals surface area contributed by atoms with Gasteiger partial charge >= 0.3 is 0 Å². The van der Waals surface area contributed by atoms with Gasteiger partial charge in [-0.15, -0.1) is 11.6 Å². The second-order valence-corrected chi connectivity index (χ2v) is 7.51. The normalized spacial score (nSPS) is 23.4. The molecule has 108 valence electrons. The zero-order chi connectivity index (χ0) is 14.1. The third kappa shape index (κ3) is 2.84. The summed E-state index contributed by atoms with van der Waals surface area (Å²) >= 11 is 8.33. The van der Waals surface area contributed by atoms with Crippen molar-refractivity contribution in [3.8, 4) is 0 Å². The van der Waals surface area contributed by atoms with Gasteiger partial charge in [0.25, 0.3) is 0 Å². The number of halogens is 2. The van der Waals surface area contributed by atoms with Crippen molar-refractivity contribution in [1.82, 2.24) is 9.55 Å². The van der Waals surface area contributed by atoms with Crippen molar-refractivity contribution in [2.45, 2.75) is 45.1 Å². The summed E-state index contributed by atoms with van der Waals surface area (Å²) in [4.78, 5) is 4.83. The minimum Gasteiger partial charge on any atom is -0.325 e. The monoisotopic (exact) mass is 402 g/mol. The molecule has 1 heterocycles. The lowest BCUT2D eigenvalue weighted by atomic mass is 9.87. The van der Waals surface area contributed by atoms with E-state index in [0.717, 1.165) is 23.7 Å². The van der Waals surface area contributed by atoms with E-state index in [1.807, 2.05) is 0 Å². The molecule has 0 saturated heterocycles. The summed E-state index contributed by atoms with van der Waals surface area (Å²) in [5.74, 6) is 2.68. The fourth-order valence-electron chi connectivity index (χ4n) is 3.29. The maximum Gasteiger partial charge on any atom is 0.111 e. The van der Waals surface area contributed by atoms with E-state index in [4.69, 9.17) is 16.6 Å². The Balaban J connectivity index is 2.04. The standard InChI is InChI=1S/C16H20ClIN2/c1-11-2-5-13(6-3-11)20-15-7-4-12(18)10-14(15)19-16(20)8-9-17/h4,7,10-11,13H,2-3,5-6,8-9H2,1H3. The van der Waals surface area contributed by atoms with Crippen LogP contribution in [-0.4, -0.2) is 15.4 Å². The molecule has 2 aromatic rings. The predicted molar refractivity (Wildman–Crippen MR) is 93.5 cm³/mol. The summed E-state index contributed by atoms with van der Waals surface area (Å²) in [5.41, 5.74) is 2.40. The topological polar surface area (TPSA) is 17.8 Å². The smallest absolute Gasteiger partial charge is 0.111 e. The number of alkyl halides is 1. The summed E-state index contributed by atoms with van der Waals surface area (Å²) < 4.78 is 3.72. The lowest BCUT2D eigenvalue weighted by Crippen LogP contribution is -2.19. The van der Waals surface area contributed by atoms with Crippen molar-refractivity contribution >= 4 is 45.2 Å². The first-order chi connectivity index (χ1) is 9.69. The van der Waals surface area contributed by atoms with Crippen LogP contribution in [0.25, 0.3) is 11.0 Å². The molecule has 1 saturated carbocycles. The first kappa shape index (κ1) is 14.6. The van der Waals surface area contributed by atoms with Crippen molar-refractivity contribution in [1.29, 1.82) is 0 Å². The van der Waals surface area contributed by atoms with Crippen molar-refractivity contribution in [2.75, 3.05) is 5.88 Å². The molecule has 0 unspecified atom stereocenters. The molecule has 0 bridgehead atoms. The minimum atomic E-state index is 0.606. The molecular formula is C16H20ClIN2. The Bertz CT molecular complexity index is 600. The van der Waals surface area contributed by atoms with E-state index in [2.05, 4.69) is 52.3 Å². The Morgan fingerprint density at radius 1 is 1.30 bits per heavy atom. The Morgan fingerprint density at radius 2 is 2.05 bits per heavy atom. The quantitative estimate of drug-likeness (QED) is 0.511. The van der Waals surface area contributed by atoms with Gasteiger partial charge in [-0.3, -0.25) is 0 Å². The molecule has 1 aliphatic carbocycles. The predicted octanol–water partition coefficient (Wildman–Crippen LogP) is 5.17. The highest BCUT2D eigenvalue weighted by atomic mass is 127. The van der Waals surface area contributed by atoms with Crippen molar-refractivity contribution in [3.63, 3.8) is 0 Å². The number of imidazole rings is 1. The van der Waals surface area contributed by atoms with Gasteiger partial charge in [-0.05, 0) is 72.4 Å². The second-order valence-electron chi connectivity index (χ2n) is 5.88. The van der Waals surface area contributed by atoms with Crippen LogP contribution >= 0.6 is 34.2 Å². The molecule has 1 fully saturated rings. The number of hydrogen-bond donors (Lipinski definition) is 0. The van der Waals surface area contributed by atoms with Crippen LogP contribution in [0, 0.1) is 9.49 Å². The summed E-state index contributed by atoms with van der Waals surface area (Å²) in [5, 5.41) is 0. The van der Waals surface area contributed by atoms with Crippen molar-refractivity contribution in [3.05, 3.63) is 27.6 Å². The third-order valence-corrected chi connectivity index (χ3v) is 5.25. The van der Waals surface area contributed by atoms with Crippen LogP contribution in [0.1, 0.15) is 44.5 Å². The van der Waals surface area contributed by atoms with Crippen LogP contribution < -0.4 is 0 Å². The average molecular weight is 403 g/mol. The van der Waals surface area contributed by atoms with Crippen molar-refractivity contribution < 1.29 is 0 Å². The maximum absolute atomic E-state index is 5.97. The van der Waals surface area contributed by atoms with E-state index in [0.29, 0.717) is 11.9 Å². The Labute approximate surface area is 139 Å². The van der Waals surface area contributed by atoms with E-state index in [1.54, 1.807) is 0 Å². The molecule has 0 atom stereocenters. The molecule has 0 N–H and O–H groups in total. The zero-order valence-electron chi connectivity index (χ0n) is 11.8. The van der Waals surface area contributed by atoms with Crippen molar-refractivity contribution in [2.24, 2.45) is 5.92 Å². The fourth-order valence-corrected chi connectivity index (χ4v) is 3.93. The molecule has 1 aliphatic rings. The average Bonchev–Trinajstić information content (AvgIpc) is 2.77. The highest BCUT2D eigenvalue weighted by molar-refractivity contribution is 14.1. The van der Waals surface area contributed by atoms with E-state index in [1.165, 1.54) is 34.8 Å². The lowest BCUT2D eigenvalue weighted by molar-refractivity contribution is 0.290.